The topological polar surface area (TPSA) is 104 Å². The molecule has 12 heteroatoms. The quantitative estimate of drug-likeness (QED) is 0.587. The number of benzene rings is 1. The number of hydrogen-bond donors (Lipinski definition) is 2. The van der Waals surface area contributed by atoms with Crippen LogP contribution in [-0.2, 0) is 11.3 Å². The van der Waals surface area contributed by atoms with Gasteiger partial charge in [0.2, 0.25) is 5.43 Å². The summed E-state index contributed by atoms with van der Waals surface area (Å²) in [5.74, 6) is -6.12. The van der Waals surface area contributed by atoms with Gasteiger partial charge in [0, 0.05) is 36.5 Å². The molecule has 0 saturated carbocycles. The first-order valence-electron chi connectivity index (χ1n) is 11.6. The van der Waals surface area contributed by atoms with Crippen LogP contribution in [0.15, 0.2) is 35.3 Å². The Bertz CT molecular complexity index is 1330. The van der Waals surface area contributed by atoms with Gasteiger partial charge < -0.3 is 20.1 Å². The molecule has 3 heterocycles. The number of rotatable bonds is 5. The number of nitrogens with zero attached hydrogens (tertiary/aromatic N) is 3. The zero-order chi connectivity index (χ0) is 27.2. The molecular weight excluding hydrogens is 493 g/mol. The number of aromatic nitrogens is 1. The van der Waals surface area contributed by atoms with Crippen molar-refractivity contribution in [2.75, 3.05) is 18.3 Å². The SMILES string of the molecule is C[C@H]1C=C[C@@H](COC(C)(C)C)N2CN1C(=O)c1c(O)c(=O)c(C(=O)NCc3c(F)cc(F)cc3F)cn12. The second-order valence-corrected chi connectivity index (χ2v) is 9.92. The first kappa shape index (κ1) is 26.3. The van der Waals surface area contributed by atoms with Gasteiger partial charge in [-0.05, 0) is 27.7 Å². The van der Waals surface area contributed by atoms with Crippen molar-refractivity contribution in [1.82, 2.24) is 14.9 Å². The molecule has 2 amide bonds. The van der Waals surface area contributed by atoms with Gasteiger partial charge in [-0.3, -0.25) is 24.1 Å². The van der Waals surface area contributed by atoms with Crippen LogP contribution >= 0.6 is 0 Å². The maximum atomic E-state index is 14.0. The van der Waals surface area contributed by atoms with E-state index in [-0.39, 0.29) is 25.0 Å². The van der Waals surface area contributed by atoms with E-state index in [9.17, 15) is 32.7 Å². The summed E-state index contributed by atoms with van der Waals surface area (Å²) in [5, 5.41) is 14.6. The molecule has 0 saturated heterocycles. The Hall–Kier alpha value is -3.80. The molecule has 2 aromatic rings. The smallest absolute Gasteiger partial charge is 0.278 e. The molecule has 2 aliphatic heterocycles. The highest BCUT2D eigenvalue weighted by atomic mass is 19.1. The Balaban J connectivity index is 1.71. The minimum atomic E-state index is -1.21. The highest BCUT2D eigenvalue weighted by Gasteiger charge is 2.39. The molecule has 0 unspecified atom stereocenters. The van der Waals surface area contributed by atoms with Crippen LogP contribution in [0.4, 0.5) is 13.2 Å². The summed E-state index contributed by atoms with van der Waals surface area (Å²) in [4.78, 5) is 40.4. The van der Waals surface area contributed by atoms with Crippen LogP contribution in [0.1, 0.15) is 54.1 Å². The van der Waals surface area contributed by atoms with Gasteiger partial charge in [-0.15, -0.1) is 0 Å². The average molecular weight is 521 g/mol. The molecule has 2 aliphatic rings. The Kier molecular flexibility index (Phi) is 6.80. The van der Waals surface area contributed by atoms with Crippen molar-refractivity contribution in [1.29, 1.82) is 0 Å². The Morgan fingerprint density at radius 1 is 1.16 bits per heavy atom. The van der Waals surface area contributed by atoms with E-state index in [1.165, 1.54) is 9.58 Å². The molecule has 2 bridgehead atoms. The molecule has 0 radical (unpaired) electrons. The second kappa shape index (κ2) is 9.58. The number of amides is 2. The largest absolute Gasteiger partial charge is 0.502 e. The molecule has 1 aromatic heterocycles. The van der Waals surface area contributed by atoms with Crippen LogP contribution in [0.2, 0.25) is 0 Å². The number of fused-ring (bicyclic) bond motifs is 4. The van der Waals surface area contributed by atoms with Gasteiger partial charge in [0.05, 0.1) is 18.2 Å². The second-order valence-electron chi connectivity index (χ2n) is 9.92. The number of pyridine rings is 1. The maximum absolute atomic E-state index is 14.0. The molecule has 0 fully saturated rings. The molecule has 9 nitrogen and oxygen atoms in total. The van der Waals surface area contributed by atoms with Crippen LogP contribution in [-0.4, -0.2) is 57.5 Å². The summed E-state index contributed by atoms with van der Waals surface area (Å²) in [7, 11) is 0. The van der Waals surface area contributed by atoms with E-state index < -0.39 is 69.8 Å². The molecule has 37 heavy (non-hydrogen) atoms. The van der Waals surface area contributed by atoms with Crippen LogP contribution < -0.4 is 15.8 Å². The molecule has 0 spiro atoms. The minimum absolute atomic E-state index is 0.0769. The van der Waals surface area contributed by atoms with Crippen LogP contribution in [0.5, 0.6) is 5.75 Å². The van der Waals surface area contributed by atoms with Crippen molar-refractivity contribution in [2.45, 2.75) is 51.9 Å². The highest BCUT2D eigenvalue weighted by molar-refractivity contribution is 5.99. The Morgan fingerprint density at radius 3 is 2.43 bits per heavy atom. The zero-order valence-electron chi connectivity index (χ0n) is 20.7. The number of ether oxygens (including phenoxy) is 1. The van der Waals surface area contributed by atoms with Gasteiger partial charge in [0.1, 0.15) is 29.7 Å². The molecule has 1 aromatic carbocycles. The van der Waals surface area contributed by atoms with Crippen LogP contribution in [0.25, 0.3) is 0 Å². The lowest BCUT2D eigenvalue weighted by Crippen LogP contribution is -2.59. The fourth-order valence-electron chi connectivity index (χ4n) is 4.13. The van der Waals surface area contributed by atoms with Gasteiger partial charge in [0.25, 0.3) is 11.8 Å². The molecule has 2 atom stereocenters. The molecule has 0 aliphatic carbocycles. The van der Waals surface area contributed by atoms with Gasteiger partial charge >= 0.3 is 0 Å². The summed E-state index contributed by atoms with van der Waals surface area (Å²) in [6, 6.07) is 0.157. The third-order valence-corrected chi connectivity index (χ3v) is 6.15. The van der Waals surface area contributed by atoms with Gasteiger partial charge in [-0.2, -0.15) is 0 Å². The average Bonchev–Trinajstić information content (AvgIpc) is 2.94. The van der Waals surface area contributed by atoms with E-state index in [0.717, 1.165) is 6.20 Å². The fraction of sp³-hybridized carbons (Fsp3) is 0.400. The molecule has 198 valence electrons. The number of hydrogen-bond acceptors (Lipinski definition) is 6. The Morgan fingerprint density at radius 2 is 1.81 bits per heavy atom. The summed E-state index contributed by atoms with van der Waals surface area (Å²) in [6.07, 6.45) is 4.76. The van der Waals surface area contributed by atoms with Gasteiger partial charge in [-0.1, -0.05) is 12.2 Å². The van der Waals surface area contributed by atoms with E-state index >= 15 is 0 Å². The van der Waals surface area contributed by atoms with E-state index in [1.807, 2.05) is 32.9 Å². The number of nitrogens with one attached hydrogen (secondary N) is 1. The Labute approximate surface area is 210 Å². The van der Waals surface area contributed by atoms with E-state index in [4.69, 9.17) is 4.74 Å². The maximum Gasteiger partial charge on any atom is 0.278 e. The summed E-state index contributed by atoms with van der Waals surface area (Å²) in [6.45, 7) is 7.03. The minimum Gasteiger partial charge on any atom is -0.502 e. The third kappa shape index (κ3) is 5.06. The highest BCUT2D eigenvalue weighted by Crippen LogP contribution is 2.27. The van der Waals surface area contributed by atoms with E-state index in [1.54, 1.807) is 11.9 Å². The summed E-state index contributed by atoms with van der Waals surface area (Å²) in [5.41, 5.74) is -3.07. The standard InChI is InChI=1S/C25H27F3N4O5/c1-13-5-6-15(11-37-25(2,3)4)32-12-30(13)24(36)20-22(34)21(33)17(10-31(20)32)23(35)29-9-16-18(27)7-14(26)8-19(16)28/h5-8,10,13,15,34H,9,11-12H2,1-4H3,(H,29,35)/t13-,15-/m0/s1. The number of carbonyl (C=O) groups excluding carboxylic acids is 2. The monoisotopic (exact) mass is 520 g/mol. The third-order valence-electron chi connectivity index (χ3n) is 6.15. The lowest BCUT2D eigenvalue weighted by atomic mass is 10.1. The van der Waals surface area contributed by atoms with Crippen LogP contribution in [0, 0.1) is 17.5 Å². The van der Waals surface area contributed by atoms with Gasteiger partial charge in [-0.25, -0.2) is 13.2 Å². The van der Waals surface area contributed by atoms with Gasteiger partial charge in [0.15, 0.2) is 11.4 Å². The predicted molar refractivity (Wildman–Crippen MR) is 127 cm³/mol. The number of carbonyl (C=O) groups is 2. The number of aromatic hydroxyl groups is 1. The van der Waals surface area contributed by atoms with E-state index in [0.29, 0.717) is 12.1 Å². The molecule has 4 rings (SSSR count). The normalized spacial score (nSPS) is 19.1. The molecular formula is C25H27F3N4O5. The van der Waals surface area contributed by atoms with E-state index in [2.05, 4.69) is 5.32 Å². The van der Waals surface area contributed by atoms with Crippen molar-refractivity contribution in [3.8, 4) is 5.75 Å². The first-order valence-corrected chi connectivity index (χ1v) is 11.6. The first-order chi connectivity index (χ1) is 17.3. The van der Waals surface area contributed by atoms with Crippen molar-refractivity contribution in [3.63, 3.8) is 0 Å². The summed E-state index contributed by atoms with van der Waals surface area (Å²) >= 11 is 0. The lowest BCUT2D eigenvalue weighted by Gasteiger charge is -2.42. The van der Waals surface area contributed by atoms with Crippen LogP contribution in [0.3, 0.4) is 0 Å². The predicted octanol–water partition coefficient (Wildman–Crippen LogP) is 2.39. The van der Waals surface area contributed by atoms with Crippen molar-refractivity contribution in [3.05, 3.63) is 75.0 Å². The lowest BCUT2D eigenvalue weighted by molar-refractivity contribution is -0.00971. The van der Waals surface area contributed by atoms with Crippen molar-refractivity contribution >= 4 is 11.8 Å². The fourth-order valence-corrected chi connectivity index (χ4v) is 4.13. The zero-order valence-corrected chi connectivity index (χ0v) is 20.7. The molecule has 2 N–H and O–H groups in total. The van der Waals surface area contributed by atoms with Crippen molar-refractivity contribution < 1.29 is 32.6 Å². The number of halogens is 3. The summed E-state index contributed by atoms with van der Waals surface area (Å²) < 4.78 is 48.3. The van der Waals surface area contributed by atoms with Crippen molar-refractivity contribution in [2.24, 2.45) is 0 Å².